The van der Waals surface area contributed by atoms with Crippen molar-refractivity contribution in [2.24, 2.45) is 0 Å². The van der Waals surface area contributed by atoms with E-state index in [2.05, 4.69) is 5.32 Å². The molecule has 0 saturated heterocycles. The number of rotatable bonds is 4. The molecule has 3 N–H and O–H groups in total. The molecule has 0 aliphatic carbocycles. The zero-order chi connectivity index (χ0) is 12.1. The van der Waals surface area contributed by atoms with Crippen molar-refractivity contribution >= 4 is 5.91 Å². The molecule has 1 aromatic carbocycles. The van der Waals surface area contributed by atoms with Gasteiger partial charge in [0, 0.05) is 12.6 Å². The highest BCUT2D eigenvalue weighted by Gasteiger charge is 2.13. The lowest BCUT2D eigenvalue weighted by molar-refractivity contribution is 0.0931. The summed E-state index contributed by atoms with van der Waals surface area (Å²) in [5, 5.41) is 21.0. The second-order valence-corrected chi connectivity index (χ2v) is 3.91. The topological polar surface area (TPSA) is 69.6 Å². The van der Waals surface area contributed by atoms with E-state index < -0.39 is 0 Å². The number of nitrogens with one attached hydrogen (secondary N) is 1. The van der Waals surface area contributed by atoms with E-state index in [0.717, 1.165) is 5.56 Å². The lowest BCUT2D eigenvalue weighted by Gasteiger charge is -2.13. The van der Waals surface area contributed by atoms with E-state index in [4.69, 9.17) is 5.11 Å². The van der Waals surface area contributed by atoms with Crippen LogP contribution in [0.3, 0.4) is 0 Å². The predicted molar refractivity (Wildman–Crippen MR) is 61.5 cm³/mol. The average Bonchev–Trinajstić information content (AvgIpc) is 2.21. The van der Waals surface area contributed by atoms with E-state index in [9.17, 15) is 9.90 Å². The quantitative estimate of drug-likeness (QED) is 0.718. The third-order valence-corrected chi connectivity index (χ3v) is 2.34. The van der Waals surface area contributed by atoms with Gasteiger partial charge in [0.2, 0.25) is 0 Å². The molecule has 0 aromatic heterocycles. The molecule has 0 unspecified atom stereocenters. The summed E-state index contributed by atoms with van der Waals surface area (Å²) >= 11 is 0. The van der Waals surface area contributed by atoms with Crippen molar-refractivity contribution in [1.29, 1.82) is 0 Å². The Bertz CT molecular complexity index is 377. The van der Waals surface area contributed by atoms with Crippen LogP contribution in [0.2, 0.25) is 0 Å². The molecule has 0 saturated carbocycles. The molecule has 1 aromatic rings. The largest absolute Gasteiger partial charge is 0.507 e. The van der Waals surface area contributed by atoms with Crippen LogP contribution in [0.5, 0.6) is 5.75 Å². The molecule has 1 rings (SSSR count). The third-order valence-electron chi connectivity index (χ3n) is 2.34. The number of hydrogen-bond donors (Lipinski definition) is 3. The van der Waals surface area contributed by atoms with Crippen LogP contribution in [0.15, 0.2) is 18.2 Å². The molecule has 4 heteroatoms. The maximum absolute atomic E-state index is 11.8. The fraction of sp³-hybridized carbons (Fsp3) is 0.417. The van der Waals surface area contributed by atoms with Gasteiger partial charge in [-0.2, -0.15) is 0 Å². The second kappa shape index (κ2) is 5.51. The van der Waals surface area contributed by atoms with Gasteiger partial charge in [-0.15, -0.1) is 0 Å². The maximum Gasteiger partial charge on any atom is 0.255 e. The summed E-state index contributed by atoms with van der Waals surface area (Å²) in [5.41, 5.74) is 1.18. The molecule has 16 heavy (non-hydrogen) atoms. The Morgan fingerprint density at radius 2 is 2.19 bits per heavy atom. The SMILES string of the molecule is Cc1ccc(O)c(C(=O)N[C@H](C)CCO)c1. The highest BCUT2D eigenvalue weighted by atomic mass is 16.3. The van der Waals surface area contributed by atoms with Gasteiger partial charge in [0.05, 0.1) is 5.56 Å². The summed E-state index contributed by atoms with van der Waals surface area (Å²) in [6.07, 6.45) is 0.498. The Morgan fingerprint density at radius 3 is 2.81 bits per heavy atom. The third kappa shape index (κ3) is 3.24. The minimum absolute atomic E-state index is 0.0284. The van der Waals surface area contributed by atoms with Crippen molar-refractivity contribution in [2.45, 2.75) is 26.3 Å². The fourth-order valence-electron chi connectivity index (χ4n) is 1.40. The lowest BCUT2D eigenvalue weighted by atomic mass is 10.1. The molecule has 0 radical (unpaired) electrons. The van der Waals surface area contributed by atoms with Crippen LogP contribution >= 0.6 is 0 Å². The second-order valence-electron chi connectivity index (χ2n) is 3.91. The lowest BCUT2D eigenvalue weighted by Crippen LogP contribution is -2.33. The summed E-state index contributed by atoms with van der Waals surface area (Å²) < 4.78 is 0. The number of benzene rings is 1. The fourth-order valence-corrected chi connectivity index (χ4v) is 1.40. The van der Waals surface area contributed by atoms with Gasteiger partial charge >= 0.3 is 0 Å². The Labute approximate surface area is 94.9 Å². The smallest absolute Gasteiger partial charge is 0.255 e. The monoisotopic (exact) mass is 223 g/mol. The molecule has 0 fully saturated rings. The number of phenols is 1. The normalized spacial score (nSPS) is 12.2. The van der Waals surface area contributed by atoms with Gasteiger partial charge in [-0.3, -0.25) is 4.79 Å². The van der Waals surface area contributed by atoms with E-state index in [0.29, 0.717) is 6.42 Å². The van der Waals surface area contributed by atoms with Gasteiger partial charge in [-0.05, 0) is 32.4 Å². The summed E-state index contributed by atoms with van der Waals surface area (Å²) in [4.78, 5) is 11.8. The number of carbonyl (C=O) groups excluding carboxylic acids is 1. The summed E-state index contributed by atoms with van der Waals surface area (Å²) in [6, 6.07) is 4.76. The van der Waals surface area contributed by atoms with Crippen molar-refractivity contribution in [2.75, 3.05) is 6.61 Å². The van der Waals surface area contributed by atoms with E-state index in [1.807, 2.05) is 6.92 Å². The maximum atomic E-state index is 11.8. The first-order valence-electron chi connectivity index (χ1n) is 5.26. The summed E-state index contributed by atoms with van der Waals surface area (Å²) in [6.45, 7) is 3.69. The van der Waals surface area contributed by atoms with E-state index >= 15 is 0 Å². The standard InChI is InChI=1S/C12H17NO3/c1-8-3-4-11(15)10(7-8)12(16)13-9(2)5-6-14/h3-4,7,9,14-15H,5-6H2,1-2H3,(H,13,16)/t9-/m1/s1. The highest BCUT2D eigenvalue weighted by molar-refractivity contribution is 5.97. The Hall–Kier alpha value is -1.55. The minimum atomic E-state index is -0.317. The number of amides is 1. The van der Waals surface area contributed by atoms with Crippen LogP contribution in [0.4, 0.5) is 0 Å². The first-order chi connectivity index (χ1) is 7.54. The first kappa shape index (κ1) is 12.5. The van der Waals surface area contributed by atoms with E-state index in [1.54, 1.807) is 19.1 Å². The predicted octanol–water partition coefficient (Wildman–Crippen LogP) is 1.20. The van der Waals surface area contributed by atoms with E-state index in [-0.39, 0.29) is 29.9 Å². The van der Waals surface area contributed by atoms with Crippen LogP contribution in [-0.4, -0.2) is 28.8 Å². The molecular weight excluding hydrogens is 206 g/mol. The number of aliphatic hydroxyl groups excluding tert-OH is 1. The van der Waals surface area contributed by atoms with Crippen molar-refractivity contribution in [1.82, 2.24) is 5.32 Å². The summed E-state index contributed by atoms with van der Waals surface area (Å²) in [5.74, 6) is -0.346. The van der Waals surface area contributed by atoms with Crippen molar-refractivity contribution in [3.63, 3.8) is 0 Å². The molecule has 0 bridgehead atoms. The van der Waals surface area contributed by atoms with Gasteiger partial charge in [0.15, 0.2) is 0 Å². The van der Waals surface area contributed by atoms with Crippen LogP contribution in [0.25, 0.3) is 0 Å². The molecule has 1 atom stereocenters. The Balaban J connectivity index is 2.76. The number of aliphatic hydroxyl groups is 1. The van der Waals surface area contributed by atoms with Crippen molar-refractivity contribution in [3.8, 4) is 5.75 Å². The van der Waals surface area contributed by atoms with E-state index in [1.165, 1.54) is 6.07 Å². The number of hydrogen-bond acceptors (Lipinski definition) is 3. The number of carbonyl (C=O) groups is 1. The minimum Gasteiger partial charge on any atom is -0.507 e. The first-order valence-corrected chi connectivity index (χ1v) is 5.26. The molecule has 0 spiro atoms. The molecule has 88 valence electrons. The molecule has 0 aliphatic heterocycles. The van der Waals surface area contributed by atoms with Gasteiger partial charge in [-0.25, -0.2) is 0 Å². The molecule has 4 nitrogen and oxygen atoms in total. The highest BCUT2D eigenvalue weighted by Crippen LogP contribution is 2.18. The van der Waals surface area contributed by atoms with Crippen LogP contribution < -0.4 is 5.32 Å². The summed E-state index contributed by atoms with van der Waals surface area (Å²) in [7, 11) is 0. The zero-order valence-electron chi connectivity index (χ0n) is 9.53. The van der Waals surface area contributed by atoms with Gasteiger partial charge < -0.3 is 15.5 Å². The molecule has 0 heterocycles. The molecular formula is C12H17NO3. The van der Waals surface area contributed by atoms with Gasteiger partial charge in [0.25, 0.3) is 5.91 Å². The zero-order valence-corrected chi connectivity index (χ0v) is 9.53. The van der Waals surface area contributed by atoms with Crippen molar-refractivity contribution in [3.05, 3.63) is 29.3 Å². The molecule has 0 aliphatic rings. The number of aromatic hydroxyl groups is 1. The van der Waals surface area contributed by atoms with Crippen LogP contribution in [-0.2, 0) is 0 Å². The van der Waals surface area contributed by atoms with Gasteiger partial charge in [0.1, 0.15) is 5.75 Å². The van der Waals surface area contributed by atoms with Gasteiger partial charge in [-0.1, -0.05) is 11.6 Å². The number of aryl methyl sites for hydroxylation is 1. The molecule has 1 amide bonds. The Kier molecular flexibility index (Phi) is 4.31. The van der Waals surface area contributed by atoms with Crippen LogP contribution in [0.1, 0.15) is 29.3 Å². The van der Waals surface area contributed by atoms with Crippen molar-refractivity contribution < 1.29 is 15.0 Å². The van der Waals surface area contributed by atoms with Crippen LogP contribution in [0, 0.1) is 6.92 Å². The average molecular weight is 223 g/mol. The Morgan fingerprint density at radius 1 is 1.50 bits per heavy atom. The number of phenolic OH excluding ortho intramolecular Hbond substituents is 1.